The molecule has 0 aliphatic carbocycles. The lowest BCUT2D eigenvalue weighted by Crippen LogP contribution is -2.41. The first kappa shape index (κ1) is 10.4. The summed E-state index contributed by atoms with van der Waals surface area (Å²) in [6.45, 7) is 3.44. The summed E-state index contributed by atoms with van der Waals surface area (Å²) < 4.78 is 10.3. The molecular weight excluding hydrogens is 172 g/mol. The fraction of sp³-hybridized carbons (Fsp3) is 0.667. The van der Waals surface area contributed by atoms with Gasteiger partial charge in [-0.1, -0.05) is 0 Å². The van der Waals surface area contributed by atoms with Crippen molar-refractivity contribution in [3.63, 3.8) is 0 Å². The van der Waals surface area contributed by atoms with Gasteiger partial charge in [0.25, 0.3) is 0 Å². The molecule has 0 aromatic rings. The zero-order valence-corrected chi connectivity index (χ0v) is 7.77. The van der Waals surface area contributed by atoms with Crippen LogP contribution in [-0.4, -0.2) is 36.0 Å². The molecule has 74 valence electrons. The standard InChI is InChI=1S/C9H14O4/c1-6(10)3-4-9-8(11)5-12-7(2)13-9/h3-4,7-9,11H,5H2,1-2H3/b4-3+. The fourth-order valence-corrected chi connectivity index (χ4v) is 1.08. The number of aliphatic hydroxyl groups excluding tert-OH is 1. The van der Waals surface area contributed by atoms with Crippen LogP contribution < -0.4 is 0 Å². The van der Waals surface area contributed by atoms with E-state index in [-0.39, 0.29) is 18.7 Å². The van der Waals surface area contributed by atoms with Crippen LogP contribution in [0.1, 0.15) is 13.8 Å². The van der Waals surface area contributed by atoms with Gasteiger partial charge in [-0.25, -0.2) is 0 Å². The van der Waals surface area contributed by atoms with Crippen LogP contribution in [0.5, 0.6) is 0 Å². The fourth-order valence-electron chi connectivity index (χ4n) is 1.08. The van der Waals surface area contributed by atoms with E-state index in [2.05, 4.69) is 0 Å². The van der Waals surface area contributed by atoms with E-state index in [1.165, 1.54) is 13.0 Å². The third kappa shape index (κ3) is 3.26. The van der Waals surface area contributed by atoms with Gasteiger partial charge < -0.3 is 14.6 Å². The lowest BCUT2D eigenvalue weighted by molar-refractivity contribution is -0.230. The Kier molecular flexibility index (Phi) is 3.59. The van der Waals surface area contributed by atoms with Gasteiger partial charge in [0.15, 0.2) is 12.1 Å². The molecule has 0 bridgehead atoms. The molecule has 0 spiro atoms. The second kappa shape index (κ2) is 4.50. The molecule has 1 aliphatic heterocycles. The summed E-state index contributed by atoms with van der Waals surface area (Å²) >= 11 is 0. The third-order valence-corrected chi connectivity index (χ3v) is 1.75. The highest BCUT2D eigenvalue weighted by atomic mass is 16.7. The Balaban J connectivity index is 2.51. The molecule has 13 heavy (non-hydrogen) atoms. The number of ketones is 1. The summed E-state index contributed by atoms with van der Waals surface area (Å²) in [5.74, 6) is -0.0602. The zero-order chi connectivity index (χ0) is 9.84. The van der Waals surface area contributed by atoms with Gasteiger partial charge in [-0.3, -0.25) is 4.79 Å². The number of carbonyl (C=O) groups is 1. The minimum absolute atomic E-state index is 0.0602. The molecule has 0 amide bonds. The van der Waals surface area contributed by atoms with Crippen LogP contribution in [0, 0.1) is 0 Å². The predicted octanol–water partition coefficient (Wildman–Crippen LogP) is 0.254. The van der Waals surface area contributed by atoms with E-state index in [1.54, 1.807) is 13.0 Å². The number of hydrogen-bond acceptors (Lipinski definition) is 4. The quantitative estimate of drug-likeness (QED) is 0.628. The highest BCUT2D eigenvalue weighted by molar-refractivity contribution is 5.87. The van der Waals surface area contributed by atoms with Crippen molar-refractivity contribution in [2.24, 2.45) is 0 Å². The van der Waals surface area contributed by atoms with E-state index in [0.717, 1.165) is 0 Å². The molecule has 4 heteroatoms. The molecule has 3 atom stereocenters. The van der Waals surface area contributed by atoms with Gasteiger partial charge in [0, 0.05) is 0 Å². The molecule has 1 rings (SSSR count). The average Bonchev–Trinajstić information content (AvgIpc) is 2.06. The third-order valence-electron chi connectivity index (χ3n) is 1.75. The number of rotatable bonds is 2. The average molecular weight is 186 g/mol. The topological polar surface area (TPSA) is 55.8 Å². The molecule has 1 heterocycles. The van der Waals surface area contributed by atoms with Crippen LogP contribution in [0.2, 0.25) is 0 Å². The van der Waals surface area contributed by atoms with Crippen LogP contribution in [0.4, 0.5) is 0 Å². The van der Waals surface area contributed by atoms with Crippen molar-refractivity contribution in [2.45, 2.75) is 32.3 Å². The maximum atomic E-state index is 10.6. The zero-order valence-electron chi connectivity index (χ0n) is 7.77. The Hall–Kier alpha value is -0.710. The summed E-state index contributed by atoms with van der Waals surface area (Å²) in [5, 5.41) is 9.39. The van der Waals surface area contributed by atoms with E-state index < -0.39 is 12.2 Å². The summed E-state index contributed by atoms with van der Waals surface area (Å²) in [6, 6.07) is 0. The molecule has 1 fully saturated rings. The van der Waals surface area contributed by atoms with Crippen LogP contribution in [0.3, 0.4) is 0 Å². The number of carbonyl (C=O) groups excluding carboxylic acids is 1. The largest absolute Gasteiger partial charge is 0.388 e. The van der Waals surface area contributed by atoms with Crippen molar-refractivity contribution in [1.82, 2.24) is 0 Å². The van der Waals surface area contributed by atoms with Gasteiger partial charge in [-0.05, 0) is 26.0 Å². The van der Waals surface area contributed by atoms with Crippen molar-refractivity contribution in [3.8, 4) is 0 Å². The molecule has 4 nitrogen and oxygen atoms in total. The summed E-state index contributed by atoms with van der Waals surface area (Å²) in [6.07, 6.45) is 1.50. The van der Waals surface area contributed by atoms with E-state index in [9.17, 15) is 9.90 Å². The van der Waals surface area contributed by atoms with Gasteiger partial charge in [0.05, 0.1) is 6.61 Å². The van der Waals surface area contributed by atoms with E-state index in [1.807, 2.05) is 0 Å². The maximum absolute atomic E-state index is 10.6. The van der Waals surface area contributed by atoms with Gasteiger partial charge in [-0.2, -0.15) is 0 Å². The molecule has 0 saturated carbocycles. The van der Waals surface area contributed by atoms with Crippen molar-refractivity contribution < 1.29 is 19.4 Å². The number of allylic oxidation sites excluding steroid dienone is 1. The van der Waals surface area contributed by atoms with Crippen molar-refractivity contribution >= 4 is 5.78 Å². The lowest BCUT2D eigenvalue weighted by Gasteiger charge is -2.30. The maximum Gasteiger partial charge on any atom is 0.155 e. The predicted molar refractivity (Wildman–Crippen MR) is 46.1 cm³/mol. The first-order chi connectivity index (χ1) is 6.09. The van der Waals surface area contributed by atoms with Crippen LogP contribution in [-0.2, 0) is 14.3 Å². The van der Waals surface area contributed by atoms with E-state index in [4.69, 9.17) is 9.47 Å². The molecule has 0 aromatic heterocycles. The van der Waals surface area contributed by atoms with Crippen molar-refractivity contribution in [2.75, 3.05) is 6.61 Å². The number of aliphatic hydroxyl groups is 1. The molecule has 0 radical (unpaired) electrons. The summed E-state index contributed by atoms with van der Waals surface area (Å²) in [7, 11) is 0. The van der Waals surface area contributed by atoms with Crippen LogP contribution in [0.25, 0.3) is 0 Å². The first-order valence-corrected chi connectivity index (χ1v) is 4.23. The second-order valence-corrected chi connectivity index (χ2v) is 3.04. The smallest absolute Gasteiger partial charge is 0.155 e. The minimum Gasteiger partial charge on any atom is -0.388 e. The van der Waals surface area contributed by atoms with Gasteiger partial charge in [0.1, 0.15) is 12.2 Å². The van der Waals surface area contributed by atoms with Crippen molar-refractivity contribution in [3.05, 3.63) is 12.2 Å². The van der Waals surface area contributed by atoms with E-state index >= 15 is 0 Å². The van der Waals surface area contributed by atoms with Gasteiger partial charge >= 0.3 is 0 Å². The lowest BCUT2D eigenvalue weighted by atomic mass is 10.1. The summed E-state index contributed by atoms with van der Waals surface area (Å²) in [5.41, 5.74) is 0. The Bertz CT molecular complexity index is 212. The monoisotopic (exact) mass is 186 g/mol. The molecule has 1 aliphatic rings. The SMILES string of the molecule is CC(=O)/C=C/C1OC(C)OCC1O. The Morgan fingerprint density at radius 3 is 2.92 bits per heavy atom. The summed E-state index contributed by atoms with van der Waals surface area (Å²) in [4.78, 5) is 10.6. The molecule has 0 aromatic carbocycles. The molecule has 1 saturated heterocycles. The number of hydrogen-bond donors (Lipinski definition) is 1. The second-order valence-electron chi connectivity index (χ2n) is 3.04. The Morgan fingerprint density at radius 1 is 1.62 bits per heavy atom. The first-order valence-electron chi connectivity index (χ1n) is 4.23. The van der Waals surface area contributed by atoms with Gasteiger partial charge in [0.2, 0.25) is 0 Å². The molecule has 3 unspecified atom stereocenters. The molecule has 1 N–H and O–H groups in total. The normalized spacial score (nSPS) is 35.2. The molecular formula is C9H14O4. The Morgan fingerprint density at radius 2 is 2.31 bits per heavy atom. The minimum atomic E-state index is -0.688. The number of ether oxygens (including phenoxy) is 2. The Labute approximate surface area is 77.1 Å². The van der Waals surface area contributed by atoms with E-state index in [0.29, 0.717) is 0 Å². The van der Waals surface area contributed by atoms with Crippen molar-refractivity contribution in [1.29, 1.82) is 0 Å². The van der Waals surface area contributed by atoms with Crippen LogP contribution >= 0.6 is 0 Å². The van der Waals surface area contributed by atoms with Gasteiger partial charge in [-0.15, -0.1) is 0 Å². The highest BCUT2D eigenvalue weighted by Gasteiger charge is 2.26. The highest BCUT2D eigenvalue weighted by Crippen LogP contribution is 2.13. The van der Waals surface area contributed by atoms with Crippen LogP contribution in [0.15, 0.2) is 12.2 Å².